The van der Waals surface area contributed by atoms with E-state index in [0.717, 1.165) is 0 Å². The molecule has 26 heavy (non-hydrogen) atoms. The molecule has 0 aromatic carbocycles. The normalized spacial score (nSPS) is 29.9. The quantitative estimate of drug-likeness (QED) is 0.553. The maximum absolute atomic E-state index is 6.92. The highest BCUT2D eigenvalue weighted by Crippen LogP contribution is 2.55. The van der Waals surface area contributed by atoms with Crippen LogP contribution in [-0.2, 0) is 18.0 Å². The maximum atomic E-state index is 6.92. The average Bonchev–Trinajstić information content (AvgIpc) is 2.43. The van der Waals surface area contributed by atoms with Crippen molar-refractivity contribution in [3.8, 4) is 0 Å². The fraction of sp³-hybridized carbons (Fsp3) is 0.900. The first-order valence-corrected chi connectivity index (χ1v) is 14.6. The molecule has 2 aliphatic rings. The van der Waals surface area contributed by atoms with E-state index in [2.05, 4.69) is 75.4 Å². The molecule has 2 heterocycles. The second-order valence-electron chi connectivity index (χ2n) is 11.4. The van der Waals surface area contributed by atoms with Gasteiger partial charge in [0.2, 0.25) is 0 Å². The third kappa shape index (κ3) is 3.85. The fourth-order valence-corrected chi connectivity index (χ4v) is 10.1. The van der Waals surface area contributed by atoms with Crippen molar-refractivity contribution >= 4 is 16.9 Å². The lowest BCUT2D eigenvalue weighted by atomic mass is 10.1. The van der Waals surface area contributed by atoms with Crippen LogP contribution in [0.4, 0.5) is 0 Å². The standard InChI is InChI=1S/C20H40O4Si2/c1-18(2,3)25(10,11)23-15-12-13-21-16-14-22-26(19(4,5)6,20(7,8)9)24-17(15)16/h12-13,15-17H,14H2,1-11H3/t15-,16-,17+/m1/s1. The van der Waals surface area contributed by atoms with E-state index in [-0.39, 0.29) is 33.4 Å². The van der Waals surface area contributed by atoms with Crippen molar-refractivity contribution in [3.05, 3.63) is 12.3 Å². The molecule has 0 aromatic heterocycles. The highest BCUT2D eigenvalue weighted by Gasteiger charge is 2.63. The first-order chi connectivity index (χ1) is 11.5. The van der Waals surface area contributed by atoms with E-state index in [4.69, 9.17) is 18.0 Å². The number of ether oxygens (including phenoxy) is 1. The third-order valence-electron chi connectivity index (χ3n) is 6.18. The molecule has 1 fully saturated rings. The molecule has 2 aliphatic heterocycles. The molecule has 2 rings (SSSR count). The van der Waals surface area contributed by atoms with Crippen LogP contribution in [0.25, 0.3) is 0 Å². The molecule has 3 atom stereocenters. The van der Waals surface area contributed by atoms with Gasteiger partial charge in [0.1, 0.15) is 12.2 Å². The smallest absolute Gasteiger partial charge is 0.349 e. The fourth-order valence-electron chi connectivity index (χ4n) is 3.86. The van der Waals surface area contributed by atoms with Crippen LogP contribution >= 0.6 is 0 Å². The van der Waals surface area contributed by atoms with Crippen molar-refractivity contribution in [2.24, 2.45) is 0 Å². The molecule has 0 radical (unpaired) electrons. The van der Waals surface area contributed by atoms with Gasteiger partial charge in [-0.3, -0.25) is 0 Å². The van der Waals surface area contributed by atoms with Crippen molar-refractivity contribution in [3.63, 3.8) is 0 Å². The molecule has 0 saturated carbocycles. The molecular weight excluding hydrogens is 360 g/mol. The van der Waals surface area contributed by atoms with E-state index < -0.39 is 16.9 Å². The maximum Gasteiger partial charge on any atom is 0.349 e. The number of hydrogen-bond donors (Lipinski definition) is 0. The topological polar surface area (TPSA) is 36.9 Å². The van der Waals surface area contributed by atoms with Crippen LogP contribution in [0, 0.1) is 0 Å². The summed E-state index contributed by atoms with van der Waals surface area (Å²) in [6, 6.07) is 0. The number of fused-ring (bicyclic) bond motifs is 1. The van der Waals surface area contributed by atoms with E-state index in [0.29, 0.717) is 6.61 Å². The van der Waals surface area contributed by atoms with Gasteiger partial charge in [-0.1, -0.05) is 62.3 Å². The number of hydrogen-bond acceptors (Lipinski definition) is 4. The van der Waals surface area contributed by atoms with Gasteiger partial charge >= 0.3 is 8.56 Å². The summed E-state index contributed by atoms with van der Waals surface area (Å²) in [5.41, 5.74) is 0. The van der Waals surface area contributed by atoms with Crippen LogP contribution in [0.5, 0.6) is 0 Å². The predicted molar refractivity (Wildman–Crippen MR) is 112 cm³/mol. The molecule has 1 saturated heterocycles. The predicted octanol–water partition coefficient (Wildman–Crippen LogP) is 5.75. The minimum absolute atomic E-state index is 0.0428. The van der Waals surface area contributed by atoms with Crippen molar-refractivity contribution < 1.29 is 18.0 Å². The molecule has 0 bridgehead atoms. The summed E-state index contributed by atoms with van der Waals surface area (Å²) >= 11 is 0. The van der Waals surface area contributed by atoms with E-state index in [1.54, 1.807) is 6.26 Å². The highest BCUT2D eigenvalue weighted by atomic mass is 28.4. The van der Waals surface area contributed by atoms with Crippen LogP contribution in [0.3, 0.4) is 0 Å². The largest absolute Gasteiger partial charge is 0.493 e. The molecule has 0 N–H and O–H groups in total. The minimum Gasteiger partial charge on any atom is -0.493 e. The monoisotopic (exact) mass is 400 g/mol. The second-order valence-corrected chi connectivity index (χ2v) is 20.9. The van der Waals surface area contributed by atoms with Crippen LogP contribution in [0.1, 0.15) is 62.3 Å². The van der Waals surface area contributed by atoms with Crippen molar-refractivity contribution in [2.75, 3.05) is 6.61 Å². The summed E-state index contributed by atoms with van der Waals surface area (Å²) in [7, 11) is -4.45. The molecule has 0 spiro atoms. The van der Waals surface area contributed by atoms with Crippen LogP contribution in [0.15, 0.2) is 12.3 Å². The molecular formula is C20H40O4Si2. The Morgan fingerprint density at radius 1 is 0.962 bits per heavy atom. The Hall–Kier alpha value is -0.146. The van der Waals surface area contributed by atoms with Gasteiger partial charge in [-0.05, 0) is 24.2 Å². The second kappa shape index (κ2) is 6.73. The van der Waals surface area contributed by atoms with Gasteiger partial charge in [-0.15, -0.1) is 0 Å². The van der Waals surface area contributed by atoms with E-state index >= 15 is 0 Å². The van der Waals surface area contributed by atoms with Gasteiger partial charge in [-0.25, -0.2) is 0 Å². The van der Waals surface area contributed by atoms with Crippen molar-refractivity contribution in [1.82, 2.24) is 0 Å². The third-order valence-corrected chi connectivity index (χ3v) is 15.8. The summed E-state index contributed by atoms with van der Waals surface area (Å²) in [6.45, 7) is 25.4. The Labute approximate surface area is 163 Å². The molecule has 0 amide bonds. The van der Waals surface area contributed by atoms with Gasteiger partial charge in [0.25, 0.3) is 0 Å². The Kier molecular flexibility index (Phi) is 5.73. The lowest BCUT2D eigenvalue weighted by molar-refractivity contribution is -0.120. The van der Waals surface area contributed by atoms with Gasteiger partial charge < -0.3 is 18.0 Å². The average molecular weight is 401 g/mol. The molecule has 0 unspecified atom stereocenters. The van der Waals surface area contributed by atoms with Crippen molar-refractivity contribution in [2.45, 2.75) is 109 Å². The zero-order valence-electron chi connectivity index (χ0n) is 18.7. The Morgan fingerprint density at radius 3 is 1.96 bits per heavy atom. The summed E-state index contributed by atoms with van der Waals surface area (Å²) in [4.78, 5) is 0. The first kappa shape index (κ1) is 22.1. The van der Waals surface area contributed by atoms with E-state index in [9.17, 15) is 0 Å². The van der Waals surface area contributed by atoms with Crippen molar-refractivity contribution in [1.29, 1.82) is 0 Å². The molecule has 0 aromatic rings. The van der Waals surface area contributed by atoms with Crippen LogP contribution in [0.2, 0.25) is 28.2 Å². The molecule has 0 aliphatic carbocycles. The van der Waals surface area contributed by atoms with Gasteiger partial charge in [0.15, 0.2) is 8.32 Å². The van der Waals surface area contributed by atoms with Gasteiger partial charge in [-0.2, -0.15) is 0 Å². The Balaban J connectivity index is 2.36. The van der Waals surface area contributed by atoms with Crippen LogP contribution in [-0.4, -0.2) is 41.8 Å². The van der Waals surface area contributed by atoms with Gasteiger partial charge in [0.05, 0.1) is 19.0 Å². The molecule has 4 nitrogen and oxygen atoms in total. The summed E-state index contributed by atoms with van der Waals surface area (Å²) < 4.78 is 26.0. The molecule has 6 heteroatoms. The summed E-state index contributed by atoms with van der Waals surface area (Å²) in [5, 5.41) is 0.0696. The SMILES string of the molecule is CC(C)(C)[Si](C)(C)O[C@@H]1C=CO[C@@H]2CO[Si](C(C)(C)C)(C(C)(C)C)O[C@@H]12. The van der Waals surface area contributed by atoms with E-state index in [1.165, 1.54) is 0 Å². The summed E-state index contributed by atoms with van der Waals surface area (Å²) in [5.74, 6) is 0. The Morgan fingerprint density at radius 2 is 1.50 bits per heavy atom. The minimum atomic E-state index is -2.54. The Bertz CT molecular complexity index is 523. The molecule has 152 valence electrons. The highest BCUT2D eigenvalue weighted by molar-refractivity contribution is 6.74. The van der Waals surface area contributed by atoms with Gasteiger partial charge in [0, 0.05) is 10.1 Å². The lowest BCUT2D eigenvalue weighted by Crippen LogP contribution is -2.68. The lowest BCUT2D eigenvalue weighted by Gasteiger charge is -2.56. The summed E-state index contributed by atoms with van der Waals surface area (Å²) in [6.07, 6.45) is 3.54. The number of rotatable bonds is 2. The zero-order valence-corrected chi connectivity index (χ0v) is 20.7. The van der Waals surface area contributed by atoms with E-state index in [1.807, 2.05) is 6.08 Å². The van der Waals surface area contributed by atoms with Crippen LogP contribution < -0.4 is 0 Å². The zero-order chi connectivity index (χ0) is 20.2. The first-order valence-electron chi connectivity index (χ1n) is 9.84.